The van der Waals surface area contributed by atoms with Gasteiger partial charge in [0.05, 0.1) is 12.2 Å². The Morgan fingerprint density at radius 2 is 1.96 bits per heavy atom. The van der Waals surface area contributed by atoms with E-state index in [0.29, 0.717) is 12.2 Å². The first-order valence-electron chi connectivity index (χ1n) is 8.51. The van der Waals surface area contributed by atoms with Crippen molar-refractivity contribution in [3.8, 4) is 5.75 Å². The van der Waals surface area contributed by atoms with E-state index in [9.17, 15) is 14.7 Å². The highest BCUT2D eigenvalue weighted by molar-refractivity contribution is 5.95. The number of hydrogen-bond donors (Lipinski definition) is 2. The third-order valence-corrected chi connectivity index (χ3v) is 4.01. The fraction of sp³-hybridized carbons (Fsp3) is 0.474. The Labute approximate surface area is 147 Å². The minimum Gasteiger partial charge on any atom is -0.491 e. The summed E-state index contributed by atoms with van der Waals surface area (Å²) < 4.78 is 10.9. The first kappa shape index (κ1) is 18.8. The lowest BCUT2D eigenvalue weighted by molar-refractivity contribution is -0.161. The van der Waals surface area contributed by atoms with Crippen LogP contribution in [0, 0.1) is 5.92 Å². The number of ether oxygens (including phenoxy) is 2. The second kappa shape index (κ2) is 8.05. The minimum absolute atomic E-state index is 0.0390. The van der Waals surface area contributed by atoms with Crippen molar-refractivity contribution >= 4 is 22.8 Å². The van der Waals surface area contributed by atoms with E-state index in [4.69, 9.17) is 9.47 Å². The molecule has 2 atom stereocenters. The Bertz CT molecular complexity index is 749. The molecule has 0 amide bonds. The zero-order valence-corrected chi connectivity index (χ0v) is 15.0. The molecule has 0 aliphatic rings. The van der Waals surface area contributed by atoms with Gasteiger partial charge in [-0.3, -0.25) is 9.59 Å². The first-order valence-corrected chi connectivity index (χ1v) is 8.51. The van der Waals surface area contributed by atoms with Crippen LogP contribution in [-0.4, -0.2) is 34.2 Å². The van der Waals surface area contributed by atoms with Crippen LogP contribution in [0.15, 0.2) is 24.4 Å². The van der Waals surface area contributed by atoms with Gasteiger partial charge in [0, 0.05) is 17.1 Å². The van der Waals surface area contributed by atoms with Crippen LogP contribution >= 0.6 is 0 Å². The van der Waals surface area contributed by atoms with E-state index < -0.39 is 17.9 Å². The monoisotopic (exact) mass is 347 g/mol. The van der Waals surface area contributed by atoms with Gasteiger partial charge >= 0.3 is 11.9 Å². The summed E-state index contributed by atoms with van der Waals surface area (Å²) >= 11 is 0. The fourth-order valence-corrected chi connectivity index (χ4v) is 2.53. The van der Waals surface area contributed by atoms with Gasteiger partial charge in [-0.2, -0.15) is 0 Å². The molecule has 0 fully saturated rings. The highest BCUT2D eigenvalue weighted by atomic mass is 16.5. The second-order valence-electron chi connectivity index (χ2n) is 6.44. The van der Waals surface area contributed by atoms with Gasteiger partial charge in [-0.1, -0.05) is 6.92 Å². The van der Waals surface area contributed by atoms with Gasteiger partial charge in [0.2, 0.25) is 0 Å². The number of hydrogen-bond acceptors (Lipinski definition) is 4. The number of aliphatic carboxylic acids is 1. The third-order valence-electron chi connectivity index (χ3n) is 4.01. The van der Waals surface area contributed by atoms with E-state index >= 15 is 0 Å². The van der Waals surface area contributed by atoms with Crippen LogP contribution < -0.4 is 4.74 Å². The lowest BCUT2D eigenvalue weighted by atomic mass is 9.99. The van der Waals surface area contributed by atoms with Crippen molar-refractivity contribution in [2.45, 2.75) is 52.7 Å². The molecule has 0 radical (unpaired) electrons. The summed E-state index contributed by atoms with van der Waals surface area (Å²) in [6, 6.07) is 5.60. The fourth-order valence-electron chi connectivity index (χ4n) is 2.53. The Morgan fingerprint density at radius 1 is 1.24 bits per heavy atom. The van der Waals surface area contributed by atoms with Crippen LogP contribution in [0.1, 0.15) is 39.7 Å². The van der Waals surface area contributed by atoms with Crippen molar-refractivity contribution in [2.75, 3.05) is 0 Å². The maximum atomic E-state index is 12.2. The smallest absolute Gasteiger partial charge is 0.320 e. The van der Waals surface area contributed by atoms with Crippen LogP contribution in [0.4, 0.5) is 0 Å². The van der Waals surface area contributed by atoms with Crippen LogP contribution in [0.3, 0.4) is 0 Å². The van der Waals surface area contributed by atoms with Crippen LogP contribution in [0.2, 0.25) is 0 Å². The Kier molecular flexibility index (Phi) is 6.07. The predicted molar refractivity (Wildman–Crippen MR) is 94.7 cm³/mol. The average Bonchev–Trinajstić information content (AvgIpc) is 2.93. The number of fused-ring (bicyclic) bond motifs is 1. The first-order chi connectivity index (χ1) is 11.8. The molecular formula is C19H25NO5. The highest BCUT2D eigenvalue weighted by Gasteiger charge is 2.30. The molecule has 0 aliphatic heterocycles. The molecule has 1 aromatic carbocycles. The van der Waals surface area contributed by atoms with Crippen molar-refractivity contribution < 1.29 is 24.2 Å². The largest absolute Gasteiger partial charge is 0.491 e. The maximum Gasteiger partial charge on any atom is 0.320 e. The zero-order valence-electron chi connectivity index (χ0n) is 15.0. The van der Waals surface area contributed by atoms with Crippen molar-refractivity contribution in [3.05, 3.63) is 30.0 Å². The second-order valence-corrected chi connectivity index (χ2v) is 6.44. The molecule has 1 heterocycles. The quantitative estimate of drug-likeness (QED) is 0.563. The molecule has 2 rings (SSSR count). The molecule has 0 bridgehead atoms. The standard InChI is InChI=1S/C19H25NO5/c1-5-12(4)25-19(23)16(18(21)22)8-13-10-20-17-7-6-14(9-15(13)17)24-11(2)3/h6-7,9-12,16,20H,5,8H2,1-4H3,(H,21,22). The molecule has 136 valence electrons. The SMILES string of the molecule is CCC(C)OC(=O)C(Cc1c[nH]c2ccc(OC(C)C)cc12)C(=O)O. The van der Waals surface area contributed by atoms with Crippen LogP contribution in [0.25, 0.3) is 10.9 Å². The highest BCUT2D eigenvalue weighted by Crippen LogP contribution is 2.26. The summed E-state index contributed by atoms with van der Waals surface area (Å²) in [5, 5.41) is 10.3. The molecule has 0 saturated heterocycles. The number of benzene rings is 1. The van der Waals surface area contributed by atoms with E-state index in [1.165, 1.54) is 0 Å². The maximum absolute atomic E-state index is 12.2. The molecule has 2 aromatic rings. The molecule has 0 aliphatic carbocycles. The van der Waals surface area contributed by atoms with Gasteiger partial charge in [-0.25, -0.2) is 0 Å². The molecular weight excluding hydrogens is 322 g/mol. The third kappa shape index (κ3) is 4.75. The molecule has 0 saturated carbocycles. The number of carbonyl (C=O) groups is 2. The van der Waals surface area contributed by atoms with Crippen LogP contribution in [-0.2, 0) is 20.7 Å². The van der Waals surface area contributed by atoms with E-state index in [1.807, 2.05) is 39.0 Å². The summed E-state index contributed by atoms with van der Waals surface area (Å²) in [5.41, 5.74) is 1.61. The summed E-state index contributed by atoms with van der Waals surface area (Å²) in [7, 11) is 0. The number of nitrogens with one attached hydrogen (secondary N) is 1. The van der Waals surface area contributed by atoms with Gasteiger partial charge in [0.15, 0.2) is 5.92 Å². The average molecular weight is 347 g/mol. The van der Waals surface area contributed by atoms with Gasteiger partial charge in [0.25, 0.3) is 0 Å². The van der Waals surface area contributed by atoms with Crippen LogP contribution in [0.5, 0.6) is 5.75 Å². The van der Waals surface area contributed by atoms with Gasteiger partial charge in [0.1, 0.15) is 5.75 Å². The number of H-pyrrole nitrogens is 1. The summed E-state index contributed by atoms with van der Waals surface area (Å²) in [6.07, 6.45) is 2.17. The molecule has 25 heavy (non-hydrogen) atoms. The number of esters is 1. The molecule has 2 unspecified atom stereocenters. The summed E-state index contributed by atoms with van der Waals surface area (Å²) in [5.74, 6) is -2.41. The van der Waals surface area contributed by atoms with Gasteiger partial charge in [-0.05, 0) is 57.4 Å². The number of carboxylic acid groups (broad SMARTS) is 1. The molecule has 0 spiro atoms. The number of rotatable bonds is 8. The van der Waals surface area contributed by atoms with Gasteiger partial charge < -0.3 is 19.6 Å². The summed E-state index contributed by atoms with van der Waals surface area (Å²) in [6.45, 7) is 7.50. The minimum atomic E-state index is -1.23. The molecule has 6 nitrogen and oxygen atoms in total. The molecule has 6 heteroatoms. The summed E-state index contributed by atoms with van der Waals surface area (Å²) in [4.78, 5) is 26.8. The Hall–Kier alpha value is -2.50. The molecule has 2 N–H and O–H groups in total. The number of carbonyl (C=O) groups excluding carboxylic acids is 1. The van der Waals surface area contributed by atoms with E-state index in [-0.39, 0.29) is 18.6 Å². The Balaban J connectivity index is 2.26. The molecule has 1 aromatic heterocycles. The number of carboxylic acids is 1. The van der Waals surface area contributed by atoms with E-state index in [0.717, 1.165) is 16.5 Å². The van der Waals surface area contributed by atoms with Crippen molar-refractivity contribution in [3.63, 3.8) is 0 Å². The van der Waals surface area contributed by atoms with Crippen molar-refractivity contribution in [2.24, 2.45) is 5.92 Å². The lowest BCUT2D eigenvalue weighted by Crippen LogP contribution is -2.30. The number of aromatic amines is 1. The zero-order chi connectivity index (χ0) is 18.6. The normalized spacial score (nSPS) is 13.6. The Morgan fingerprint density at radius 3 is 2.56 bits per heavy atom. The lowest BCUT2D eigenvalue weighted by Gasteiger charge is -2.16. The predicted octanol–water partition coefficient (Wildman–Crippen LogP) is 3.54. The van der Waals surface area contributed by atoms with Crippen molar-refractivity contribution in [1.82, 2.24) is 4.98 Å². The topological polar surface area (TPSA) is 88.6 Å². The van der Waals surface area contributed by atoms with Crippen molar-refractivity contribution in [1.29, 1.82) is 0 Å². The number of aromatic nitrogens is 1. The van der Waals surface area contributed by atoms with Gasteiger partial charge in [-0.15, -0.1) is 0 Å². The van der Waals surface area contributed by atoms with E-state index in [2.05, 4.69) is 4.98 Å². The van der Waals surface area contributed by atoms with E-state index in [1.54, 1.807) is 13.1 Å².